The van der Waals surface area contributed by atoms with Gasteiger partial charge in [-0.15, -0.1) is 0 Å². The number of halogens is 1. The van der Waals surface area contributed by atoms with Gasteiger partial charge in [0.2, 0.25) is 0 Å². The average molecular weight is 316 g/mol. The lowest BCUT2D eigenvalue weighted by atomic mass is 10.1. The zero-order chi connectivity index (χ0) is 13.7. The lowest BCUT2D eigenvalue weighted by molar-refractivity contribution is 0.235. The normalized spacial score (nSPS) is 10.1. The zero-order valence-electron chi connectivity index (χ0n) is 11.1. The first-order valence-corrected chi connectivity index (χ1v) is 6.41. The maximum atomic E-state index is 11.1. The second-order valence-corrected chi connectivity index (χ2v) is 4.69. The molecule has 18 heavy (non-hydrogen) atoms. The Morgan fingerprint density at radius 1 is 1.33 bits per heavy atom. The van der Waals surface area contributed by atoms with E-state index in [2.05, 4.69) is 15.9 Å². The number of carbonyl (C=O) groups excluding carboxylic acids is 1. The van der Waals surface area contributed by atoms with Crippen molar-refractivity contribution in [3.05, 3.63) is 23.3 Å². The number of benzene rings is 1. The van der Waals surface area contributed by atoms with Crippen molar-refractivity contribution in [1.29, 1.82) is 0 Å². The van der Waals surface area contributed by atoms with Crippen molar-refractivity contribution >= 4 is 20.7 Å². The van der Waals surface area contributed by atoms with Crippen molar-refractivity contribution in [3.8, 4) is 11.5 Å². The number of likely N-dealkylation sites (N-methyl/N-ethyl adjacent to an activating group) is 1. The second kappa shape index (κ2) is 6.64. The molecule has 0 fully saturated rings. The Labute approximate surface area is 116 Å². The Hall–Kier alpha value is -1.23. The van der Waals surface area contributed by atoms with E-state index >= 15 is 0 Å². The van der Waals surface area contributed by atoms with Gasteiger partial charge in [0.05, 0.1) is 14.2 Å². The molecule has 4 nitrogen and oxygen atoms in total. The molecule has 0 saturated carbocycles. The molecule has 1 aromatic carbocycles. The lowest BCUT2D eigenvalue weighted by Crippen LogP contribution is -2.23. The second-order valence-electron chi connectivity index (χ2n) is 4.01. The molecule has 100 valence electrons. The van der Waals surface area contributed by atoms with Crippen LogP contribution in [0.4, 0.5) is 4.79 Å². The number of rotatable bonds is 5. The maximum Gasteiger partial charge on any atom is 0.289 e. The van der Waals surface area contributed by atoms with Gasteiger partial charge in [-0.1, -0.05) is 6.07 Å². The molecule has 0 radical (unpaired) electrons. The van der Waals surface area contributed by atoms with Gasteiger partial charge >= 0.3 is 0 Å². The summed E-state index contributed by atoms with van der Waals surface area (Å²) in [6, 6.07) is 3.89. The minimum absolute atomic E-state index is 0.119. The Balaban J connectivity index is 2.89. The summed E-state index contributed by atoms with van der Waals surface area (Å²) in [5.41, 5.74) is 2.04. The summed E-state index contributed by atoms with van der Waals surface area (Å²) in [6.45, 7) is 2.59. The van der Waals surface area contributed by atoms with E-state index in [0.717, 1.165) is 29.0 Å². The molecule has 0 saturated heterocycles. The minimum Gasteiger partial charge on any atom is -0.496 e. The molecule has 0 aromatic heterocycles. The molecule has 0 aliphatic rings. The number of hydrogen-bond acceptors (Lipinski definition) is 3. The lowest BCUT2D eigenvalue weighted by Gasteiger charge is -2.17. The third-order valence-corrected chi connectivity index (χ3v) is 3.48. The molecule has 1 aromatic rings. The van der Waals surface area contributed by atoms with E-state index in [-0.39, 0.29) is 4.82 Å². The first kappa shape index (κ1) is 14.8. The van der Waals surface area contributed by atoms with Crippen LogP contribution in [0.2, 0.25) is 0 Å². The Morgan fingerprint density at radius 3 is 2.50 bits per heavy atom. The highest BCUT2D eigenvalue weighted by molar-refractivity contribution is 9.18. The van der Waals surface area contributed by atoms with E-state index in [1.54, 1.807) is 26.2 Å². The fraction of sp³-hybridized carbons (Fsp3) is 0.462. The van der Waals surface area contributed by atoms with Gasteiger partial charge in [-0.05, 0) is 25.0 Å². The van der Waals surface area contributed by atoms with Crippen LogP contribution in [0.5, 0.6) is 11.5 Å². The Bertz CT molecular complexity index is 434. The summed E-state index contributed by atoms with van der Waals surface area (Å²) in [6.07, 6.45) is 0.738. The molecule has 0 aliphatic carbocycles. The summed E-state index contributed by atoms with van der Waals surface area (Å²) in [5.74, 6) is 1.63. The first-order chi connectivity index (χ1) is 8.51. The van der Waals surface area contributed by atoms with Gasteiger partial charge in [0.15, 0.2) is 0 Å². The number of hydrogen-bond donors (Lipinski definition) is 0. The molecule has 0 heterocycles. The minimum atomic E-state index is -0.119. The van der Waals surface area contributed by atoms with Gasteiger partial charge in [0.25, 0.3) is 4.82 Å². The molecule has 0 spiro atoms. The predicted octanol–water partition coefficient (Wildman–Crippen LogP) is 3.00. The summed E-state index contributed by atoms with van der Waals surface area (Å²) < 4.78 is 10.7. The third kappa shape index (κ3) is 3.38. The zero-order valence-corrected chi connectivity index (χ0v) is 12.7. The molecule has 0 unspecified atom stereocenters. The van der Waals surface area contributed by atoms with Gasteiger partial charge in [0.1, 0.15) is 11.5 Å². The molecule has 1 amide bonds. The molecular weight excluding hydrogens is 298 g/mol. The number of methoxy groups -OCH3 is 2. The van der Waals surface area contributed by atoms with Crippen molar-refractivity contribution in [2.45, 2.75) is 13.3 Å². The molecule has 0 bridgehead atoms. The van der Waals surface area contributed by atoms with Crippen LogP contribution < -0.4 is 9.47 Å². The van der Waals surface area contributed by atoms with E-state index in [1.807, 2.05) is 19.1 Å². The van der Waals surface area contributed by atoms with Crippen LogP contribution in [0.1, 0.15) is 11.1 Å². The van der Waals surface area contributed by atoms with E-state index in [9.17, 15) is 4.79 Å². The van der Waals surface area contributed by atoms with Crippen LogP contribution in [0, 0.1) is 6.92 Å². The fourth-order valence-electron chi connectivity index (χ4n) is 1.81. The van der Waals surface area contributed by atoms with E-state index in [0.29, 0.717) is 6.54 Å². The van der Waals surface area contributed by atoms with Crippen LogP contribution in [0.25, 0.3) is 0 Å². The summed E-state index contributed by atoms with van der Waals surface area (Å²) in [4.78, 5) is 12.6. The monoisotopic (exact) mass is 315 g/mol. The molecule has 0 aliphatic heterocycles. The van der Waals surface area contributed by atoms with Gasteiger partial charge < -0.3 is 14.4 Å². The number of amides is 1. The largest absolute Gasteiger partial charge is 0.496 e. The topological polar surface area (TPSA) is 38.8 Å². The van der Waals surface area contributed by atoms with Gasteiger partial charge in [0, 0.05) is 35.1 Å². The van der Waals surface area contributed by atoms with E-state index < -0.39 is 0 Å². The highest BCUT2D eigenvalue weighted by Gasteiger charge is 2.12. The van der Waals surface area contributed by atoms with Gasteiger partial charge in [-0.3, -0.25) is 4.79 Å². The predicted molar refractivity (Wildman–Crippen MR) is 74.9 cm³/mol. The SMILES string of the molecule is COc1ccc(CCN(C)C(=O)Br)c(OC)c1C. The summed E-state index contributed by atoms with van der Waals surface area (Å²) in [7, 11) is 5.03. The highest BCUT2D eigenvalue weighted by atomic mass is 79.9. The average Bonchev–Trinajstić information content (AvgIpc) is 2.35. The molecule has 5 heteroatoms. The fourth-order valence-corrected chi connectivity index (χ4v) is 1.99. The van der Waals surface area contributed by atoms with Crippen molar-refractivity contribution < 1.29 is 14.3 Å². The third-order valence-electron chi connectivity index (χ3n) is 2.88. The van der Waals surface area contributed by atoms with E-state index in [4.69, 9.17) is 9.47 Å². The van der Waals surface area contributed by atoms with Crippen molar-refractivity contribution in [1.82, 2.24) is 4.90 Å². The standard InChI is InChI=1S/C13H18BrNO3/c1-9-11(17-3)6-5-10(12(9)18-4)7-8-15(2)13(14)16/h5-6H,7-8H2,1-4H3. The Morgan fingerprint density at radius 2 is 2.00 bits per heavy atom. The van der Waals surface area contributed by atoms with Crippen LogP contribution in [0.3, 0.4) is 0 Å². The maximum absolute atomic E-state index is 11.1. The summed E-state index contributed by atoms with van der Waals surface area (Å²) >= 11 is 2.92. The molecule has 0 atom stereocenters. The number of carbonyl (C=O) groups is 1. The number of nitrogens with zero attached hydrogens (tertiary/aromatic N) is 1. The molecule has 1 rings (SSSR count). The first-order valence-electron chi connectivity index (χ1n) is 5.62. The molecular formula is C13H18BrNO3. The quantitative estimate of drug-likeness (QED) is 0.619. The van der Waals surface area contributed by atoms with E-state index in [1.165, 1.54) is 0 Å². The van der Waals surface area contributed by atoms with Crippen LogP contribution in [-0.2, 0) is 6.42 Å². The highest BCUT2D eigenvalue weighted by Crippen LogP contribution is 2.31. The Kier molecular flexibility index (Phi) is 5.47. The number of ether oxygens (including phenoxy) is 2. The van der Waals surface area contributed by atoms with Crippen LogP contribution in [-0.4, -0.2) is 37.5 Å². The smallest absolute Gasteiger partial charge is 0.289 e. The van der Waals surface area contributed by atoms with Crippen molar-refractivity contribution in [3.63, 3.8) is 0 Å². The summed E-state index contributed by atoms with van der Waals surface area (Å²) in [5, 5.41) is 0. The molecule has 0 N–H and O–H groups in total. The van der Waals surface area contributed by atoms with Crippen LogP contribution >= 0.6 is 15.9 Å². The van der Waals surface area contributed by atoms with Gasteiger partial charge in [-0.25, -0.2) is 0 Å². The van der Waals surface area contributed by atoms with Crippen molar-refractivity contribution in [2.75, 3.05) is 27.8 Å². The van der Waals surface area contributed by atoms with Crippen LogP contribution in [0.15, 0.2) is 12.1 Å². The van der Waals surface area contributed by atoms with Crippen molar-refractivity contribution in [2.24, 2.45) is 0 Å². The van der Waals surface area contributed by atoms with Gasteiger partial charge in [-0.2, -0.15) is 0 Å².